The largest absolute Gasteiger partial charge is 0.454 e. The van der Waals surface area contributed by atoms with Gasteiger partial charge in [-0.25, -0.2) is 14.8 Å². The van der Waals surface area contributed by atoms with Gasteiger partial charge in [0.2, 0.25) is 18.6 Å². The molecule has 11 nitrogen and oxygen atoms in total. The Balaban J connectivity index is 1.31. The van der Waals surface area contributed by atoms with Gasteiger partial charge in [0.05, 0.1) is 0 Å². The summed E-state index contributed by atoms with van der Waals surface area (Å²) in [4.78, 5) is 39.2. The van der Waals surface area contributed by atoms with Crippen molar-refractivity contribution in [1.29, 1.82) is 0 Å². The van der Waals surface area contributed by atoms with Crippen LogP contribution in [0.4, 0.5) is 5.82 Å². The molecule has 11 heteroatoms. The Morgan fingerprint density at radius 2 is 2.16 bits per heavy atom. The van der Waals surface area contributed by atoms with E-state index in [4.69, 9.17) is 9.47 Å². The average molecular weight is 433 g/mol. The highest BCUT2D eigenvalue weighted by Crippen LogP contribution is 2.32. The van der Waals surface area contributed by atoms with Crippen molar-refractivity contribution in [3.8, 4) is 17.4 Å². The SMILES string of the molecule is O=C=C1C(C(=O)NCc2ccc3c(c2)OCO3)NCCN1c1ccnc(-n2ccnc2)n1. The number of nitrogens with zero attached hydrogens (tertiary/aromatic N) is 5. The fraction of sp³-hybridized carbons (Fsp3) is 0.238. The summed E-state index contributed by atoms with van der Waals surface area (Å²) in [6.07, 6.45) is 6.52. The molecule has 3 aromatic rings. The topological polar surface area (TPSA) is 124 Å². The minimum Gasteiger partial charge on any atom is -0.454 e. The summed E-state index contributed by atoms with van der Waals surface area (Å²) in [5.74, 6) is 3.81. The van der Waals surface area contributed by atoms with E-state index in [0.29, 0.717) is 36.4 Å². The molecule has 2 N–H and O–H groups in total. The average Bonchev–Trinajstić information content (AvgIpc) is 3.54. The van der Waals surface area contributed by atoms with Crippen LogP contribution in [0.1, 0.15) is 5.56 Å². The third-order valence-electron chi connectivity index (χ3n) is 5.16. The van der Waals surface area contributed by atoms with Crippen LogP contribution in [0.5, 0.6) is 11.5 Å². The third kappa shape index (κ3) is 3.78. The molecule has 0 aliphatic carbocycles. The summed E-state index contributed by atoms with van der Waals surface area (Å²) in [6.45, 7) is 1.40. The highest BCUT2D eigenvalue weighted by atomic mass is 16.7. The lowest BCUT2D eigenvalue weighted by molar-refractivity contribution is -0.122. The van der Waals surface area contributed by atoms with Crippen LogP contribution >= 0.6 is 0 Å². The zero-order valence-electron chi connectivity index (χ0n) is 16.9. The minimum atomic E-state index is -0.859. The minimum absolute atomic E-state index is 0.162. The van der Waals surface area contributed by atoms with Crippen molar-refractivity contribution >= 4 is 17.7 Å². The van der Waals surface area contributed by atoms with Crippen LogP contribution in [0, 0.1) is 0 Å². The molecular weight excluding hydrogens is 414 g/mol. The number of fused-ring (bicyclic) bond motifs is 1. The maximum Gasteiger partial charge on any atom is 0.244 e. The molecule has 2 aliphatic rings. The molecule has 1 aromatic carbocycles. The Kier molecular flexibility index (Phi) is 5.24. The van der Waals surface area contributed by atoms with Crippen molar-refractivity contribution < 1.29 is 19.1 Å². The number of benzene rings is 1. The van der Waals surface area contributed by atoms with E-state index in [9.17, 15) is 9.59 Å². The summed E-state index contributed by atoms with van der Waals surface area (Å²) >= 11 is 0. The molecule has 1 unspecified atom stereocenters. The first kappa shape index (κ1) is 19.7. The van der Waals surface area contributed by atoms with E-state index in [1.807, 2.05) is 18.1 Å². The fourth-order valence-electron chi connectivity index (χ4n) is 3.60. The van der Waals surface area contributed by atoms with Crippen molar-refractivity contribution in [3.63, 3.8) is 0 Å². The second-order valence-electron chi connectivity index (χ2n) is 7.12. The number of rotatable bonds is 5. The van der Waals surface area contributed by atoms with E-state index in [1.54, 1.807) is 46.5 Å². The number of hydrogen-bond acceptors (Lipinski definition) is 9. The van der Waals surface area contributed by atoms with Gasteiger partial charge < -0.3 is 19.7 Å². The quantitative estimate of drug-likeness (QED) is 0.543. The third-order valence-corrected chi connectivity index (χ3v) is 5.16. The van der Waals surface area contributed by atoms with Crippen LogP contribution < -0.4 is 25.0 Å². The highest BCUT2D eigenvalue weighted by molar-refractivity contribution is 5.89. The number of amides is 1. The molecule has 0 saturated carbocycles. The monoisotopic (exact) mass is 433 g/mol. The van der Waals surface area contributed by atoms with Crippen LogP contribution in [-0.4, -0.2) is 57.3 Å². The Morgan fingerprint density at radius 1 is 1.25 bits per heavy atom. The van der Waals surface area contributed by atoms with Crippen LogP contribution in [-0.2, 0) is 16.1 Å². The molecule has 0 spiro atoms. The molecule has 162 valence electrons. The summed E-state index contributed by atoms with van der Waals surface area (Å²) in [6, 6.07) is 6.29. The van der Waals surface area contributed by atoms with E-state index in [2.05, 4.69) is 25.6 Å². The predicted octanol–water partition coefficient (Wildman–Crippen LogP) is 0.201. The second-order valence-corrected chi connectivity index (χ2v) is 7.12. The smallest absolute Gasteiger partial charge is 0.244 e. The van der Waals surface area contributed by atoms with Crippen molar-refractivity contribution in [2.75, 3.05) is 24.8 Å². The molecule has 0 bridgehead atoms. The molecule has 5 rings (SSSR count). The Morgan fingerprint density at radius 3 is 3.00 bits per heavy atom. The van der Waals surface area contributed by atoms with Gasteiger partial charge in [0.1, 0.15) is 29.8 Å². The van der Waals surface area contributed by atoms with E-state index >= 15 is 0 Å². The zero-order chi connectivity index (χ0) is 21.9. The normalized spacial score (nSPS) is 17.2. The summed E-state index contributed by atoms with van der Waals surface area (Å²) < 4.78 is 12.3. The van der Waals surface area contributed by atoms with Gasteiger partial charge in [-0.15, -0.1) is 0 Å². The van der Waals surface area contributed by atoms with Crippen LogP contribution in [0.15, 0.2) is 54.9 Å². The van der Waals surface area contributed by atoms with Crippen LogP contribution in [0.25, 0.3) is 5.95 Å². The van der Waals surface area contributed by atoms with Gasteiger partial charge in [-0.2, -0.15) is 4.98 Å². The van der Waals surface area contributed by atoms with Crippen molar-refractivity contribution in [1.82, 2.24) is 30.2 Å². The Hall–Kier alpha value is -4.21. The molecule has 4 heterocycles. The van der Waals surface area contributed by atoms with E-state index in [0.717, 1.165) is 5.56 Å². The molecule has 1 fully saturated rings. The molecule has 0 radical (unpaired) electrons. The molecule has 32 heavy (non-hydrogen) atoms. The Bertz CT molecular complexity index is 1190. The number of carbonyl (C=O) groups is 1. The zero-order valence-corrected chi connectivity index (χ0v) is 16.9. The summed E-state index contributed by atoms with van der Waals surface area (Å²) in [5.41, 5.74) is 1.02. The predicted molar refractivity (Wildman–Crippen MR) is 112 cm³/mol. The summed E-state index contributed by atoms with van der Waals surface area (Å²) in [7, 11) is 0. The number of piperazine rings is 1. The fourth-order valence-corrected chi connectivity index (χ4v) is 3.60. The number of nitrogens with one attached hydrogen (secondary N) is 2. The van der Waals surface area contributed by atoms with E-state index in [-0.39, 0.29) is 24.9 Å². The number of ether oxygens (including phenoxy) is 2. The standard InChI is InChI=1S/C21H19N7O4/c29-11-15-19(20(30)25-10-14-1-2-16-17(9-14)32-13-31-16)23-6-8-28(15)18-3-4-24-21(26-18)27-7-5-22-12-27/h1-5,7,9,12,19,23H,6,8,10,13H2,(H,25,30). The molecule has 1 amide bonds. The highest BCUT2D eigenvalue weighted by Gasteiger charge is 2.33. The maximum absolute atomic E-state index is 12.9. The molecule has 2 aliphatic heterocycles. The lowest BCUT2D eigenvalue weighted by atomic mass is 10.1. The molecule has 1 atom stereocenters. The molecule has 2 aromatic heterocycles. The lowest BCUT2D eigenvalue weighted by Crippen LogP contribution is -2.56. The van der Waals surface area contributed by atoms with Crippen molar-refractivity contribution in [3.05, 3.63) is 60.4 Å². The second kappa shape index (κ2) is 8.50. The maximum atomic E-state index is 12.9. The molecule has 1 saturated heterocycles. The van der Waals surface area contributed by atoms with Crippen molar-refractivity contribution in [2.45, 2.75) is 12.6 Å². The number of imidazole rings is 1. The first-order valence-electron chi connectivity index (χ1n) is 9.96. The van der Waals surface area contributed by atoms with Crippen molar-refractivity contribution in [2.24, 2.45) is 0 Å². The van der Waals surface area contributed by atoms with E-state index < -0.39 is 6.04 Å². The summed E-state index contributed by atoms with van der Waals surface area (Å²) in [5, 5.41) is 5.94. The first-order chi connectivity index (χ1) is 15.7. The van der Waals surface area contributed by atoms with Gasteiger partial charge in [-0.3, -0.25) is 14.7 Å². The van der Waals surface area contributed by atoms with Gasteiger partial charge in [-0.05, 0) is 23.8 Å². The number of anilines is 1. The van der Waals surface area contributed by atoms with Gasteiger partial charge in [0, 0.05) is 38.2 Å². The molecular formula is C21H19N7O4. The van der Waals surface area contributed by atoms with Crippen LogP contribution in [0.3, 0.4) is 0 Å². The Labute approximate surface area is 182 Å². The van der Waals surface area contributed by atoms with Gasteiger partial charge in [0.15, 0.2) is 11.5 Å². The van der Waals surface area contributed by atoms with Gasteiger partial charge >= 0.3 is 0 Å². The number of carbonyl (C=O) groups excluding carboxylic acids is 2. The van der Waals surface area contributed by atoms with E-state index in [1.165, 1.54) is 0 Å². The number of aromatic nitrogens is 4. The van der Waals surface area contributed by atoms with Gasteiger partial charge in [-0.1, -0.05) is 6.07 Å². The lowest BCUT2D eigenvalue weighted by Gasteiger charge is -2.34. The van der Waals surface area contributed by atoms with Gasteiger partial charge in [0.25, 0.3) is 0 Å². The van der Waals surface area contributed by atoms with Crippen LogP contribution in [0.2, 0.25) is 0 Å². The number of hydrogen-bond donors (Lipinski definition) is 2. The first-order valence-corrected chi connectivity index (χ1v) is 9.96.